The SMILES string of the molecule is CC(C)N1CC(C(=O)N2CCN(c3ccccc3F)CC2)CC1=O. The molecule has 0 aromatic heterocycles. The van der Waals surface area contributed by atoms with E-state index in [1.807, 2.05) is 29.7 Å². The van der Waals surface area contributed by atoms with Gasteiger partial charge in [0.1, 0.15) is 5.82 Å². The fourth-order valence-corrected chi connectivity index (χ4v) is 3.53. The quantitative estimate of drug-likeness (QED) is 0.846. The van der Waals surface area contributed by atoms with Gasteiger partial charge in [-0.05, 0) is 26.0 Å². The fourth-order valence-electron chi connectivity index (χ4n) is 3.53. The molecule has 0 bridgehead atoms. The lowest BCUT2D eigenvalue weighted by molar-refractivity contribution is -0.136. The number of likely N-dealkylation sites (tertiary alicyclic amines) is 1. The topological polar surface area (TPSA) is 43.9 Å². The minimum absolute atomic E-state index is 0.0553. The number of rotatable bonds is 3. The Balaban J connectivity index is 1.58. The third-order valence-corrected chi connectivity index (χ3v) is 4.92. The second-order valence-corrected chi connectivity index (χ2v) is 6.80. The minimum atomic E-state index is -0.236. The molecule has 2 aliphatic heterocycles. The summed E-state index contributed by atoms with van der Waals surface area (Å²) < 4.78 is 13.9. The molecule has 24 heavy (non-hydrogen) atoms. The van der Waals surface area contributed by atoms with E-state index in [0.717, 1.165) is 0 Å². The summed E-state index contributed by atoms with van der Waals surface area (Å²) in [6.07, 6.45) is 0.310. The monoisotopic (exact) mass is 333 g/mol. The highest BCUT2D eigenvalue weighted by Gasteiger charge is 2.38. The Hall–Kier alpha value is -2.11. The lowest BCUT2D eigenvalue weighted by Gasteiger charge is -2.37. The van der Waals surface area contributed by atoms with Gasteiger partial charge in [0.15, 0.2) is 0 Å². The second-order valence-electron chi connectivity index (χ2n) is 6.80. The van der Waals surface area contributed by atoms with Gasteiger partial charge in [-0.3, -0.25) is 9.59 Å². The predicted molar refractivity (Wildman–Crippen MR) is 90.1 cm³/mol. The van der Waals surface area contributed by atoms with E-state index in [-0.39, 0.29) is 29.6 Å². The predicted octanol–water partition coefficient (Wildman–Crippen LogP) is 1.73. The lowest BCUT2D eigenvalue weighted by atomic mass is 10.1. The van der Waals surface area contributed by atoms with E-state index < -0.39 is 0 Å². The smallest absolute Gasteiger partial charge is 0.228 e. The van der Waals surface area contributed by atoms with Crippen LogP contribution in [0.1, 0.15) is 20.3 Å². The molecule has 0 N–H and O–H groups in total. The third kappa shape index (κ3) is 3.23. The Morgan fingerprint density at radius 1 is 1.17 bits per heavy atom. The summed E-state index contributed by atoms with van der Waals surface area (Å²) in [6.45, 7) is 6.82. The van der Waals surface area contributed by atoms with Crippen LogP contribution in [0.4, 0.5) is 10.1 Å². The van der Waals surface area contributed by atoms with Gasteiger partial charge in [-0.1, -0.05) is 12.1 Å². The molecule has 1 atom stereocenters. The Bertz CT molecular complexity index is 626. The van der Waals surface area contributed by atoms with Gasteiger partial charge in [-0.25, -0.2) is 4.39 Å². The highest BCUT2D eigenvalue weighted by molar-refractivity contribution is 5.89. The molecule has 5 nitrogen and oxygen atoms in total. The molecule has 130 valence electrons. The zero-order chi connectivity index (χ0) is 17.3. The Morgan fingerprint density at radius 2 is 1.83 bits per heavy atom. The van der Waals surface area contributed by atoms with E-state index in [2.05, 4.69) is 0 Å². The number of piperazine rings is 1. The van der Waals surface area contributed by atoms with E-state index >= 15 is 0 Å². The Labute approximate surface area is 142 Å². The van der Waals surface area contributed by atoms with Gasteiger partial charge in [0, 0.05) is 45.2 Å². The lowest BCUT2D eigenvalue weighted by Crippen LogP contribution is -2.51. The maximum absolute atomic E-state index is 13.9. The molecule has 0 spiro atoms. The first-order valence-electron chi connectivity index (χ1n) is 8.55. The molecular weight excluding hydrogens is 309 g/mol. The van der Waals surface area contributed by atoms with Crippen LogP contribution in [-0.2, 0) is 9.59 Å². The first kappa shape index (κ1) is 16.7. The number of para-hydroxylation sites is 1. The summed E-state index contributed by atoms with van der Waals surface area (Å²) in [5.74, 6) is -0.348. The van der Waals surface area contributed by atoms with Crippen LogP contribution in [0.15, 0.2) is 24.3 Å². The molecule has 0 saturated carbocycles. The number of halogens is 1. The molecule has 6 heteroatoms. The van der Waals surface area contributed by atoms with Crippen LogP contribution in [-0.4, -0.2) is 60.4 Å². The summed E-state index contributed by atoms with van der Waals surface area (Å²) in [5.41, 5.74) is 0.589. The van der Waals surface area contributed by atoms with Gasteiger partial charge in [0.2, 0.25) is 11.8 Å². The van der Waals surface area contributed by atoms with Crippen molar-refractivity contribution in [2.24, 2.45) is 5.92 Å². The van der Waals surface area contributed by atoms with Crippen molar-refractivity contribution in [3.05, 3.63) is 30.1 Å². The molecule has 2 amide bonds. The normalized spacial score (nSPS) is 21.8. The summed E-state index contributed by atoms with van der Waals surface area (Å²) in [5, 5.41) is 0. The van der Waals surface area contributed by atoms with Gasteiger partial charge >= 0.3 is 0 Å². The number of amides is 2. The number of hydrogen-bond acceptors (Lipinski definition) is 3. The molecule has 3 rings (SSSR count). The van der Waals surface area contributed by atoms with E-state index in [1.165, 1.54) is 6.07 Å². The molecule has 2 fully saturated rings. The molecule has 0 aliphatic carbocycles. The highest BCUT2D eigenvalue weighted by atomic mass is 19.1. The van der Waals surface area contributed by atoms with Crippen molar-refractivity contribution in [2.75, 3.05) is 37.6 Å². The molecule has 1 aromatic rings. The summed E-state index contributed by atoms with van der Waals surface area (Å²) in [4.78, 5) is 30.2. The van der Waals surface area contributed by atoms with Crippen LogP contribution in [0.25, 0.3) is 0 Å². The molecule has 1 aromatic carbocycles. The molecule has 0 radical (unpaired) electrons. The highest BCUT2D eigenvalue weighted by Crippen LogP contribution is 2.24. The molecule has 2 saturated heterocycles. The number of anilines is 1. The number of benzene rings is 1. The van der Waals surface area contributed by atoms with Crippen molar-refractivity contribution in [1.29, 1.82) is 0 Å². The van der Waals surface area contributed by atoms with Crippen LogP contribution in [0.5, 0.6) is 0 Å². The van der Waals surface area contributed by atoms with Gasteiger partial charge in [0.25, 0.3) is 0 Å². The standard InChI is InChI=1S/C18H24FN3O2/c1-13(2)22-12-14(11-17(22)23)18(24)21-9-7-20(8-10-21)16-6-4-3-5-15(16)19/h3-6,13-14H,7-12H2,1-2H3. The number of carbonyl (C=O) groups is 2. The summed E-state index contributed by atoms with van der Waals surface area (Å²) in [7, 11) is 0. The Kier molecular flexibility index (Phi) is 4.73. The van der Waals surface area contributed by atoms with Crippen LogP contribution in [0.3, 0.4) is 0 Å². The molecule has 2 heterocycles. The Morgan fingerprint density at radius 3 is 2.42 bits per heavy atom. The molecular formula is C18H24FN3O2. The summed E-state index contributed by atoms with van der Waals surface area (Å²) >= 11 is 0. The van der Waals surface area contributed by atoms with Gasteiger partial charge in [-0.2, -0.15) is 0 Å². The largest absolute Gasteiger partial charge is 0.366 e. The van der Waals surface area contributed by atoms with Crippen molar-refractivity contribution in [1.82, 2.24) is 9.80 Å². The zero-order valence-corrected chi connectivity index (χ0v) is 14.2. The second kappa shape index (κ2) is 6.79. The maximum Gasteiger partial charge on any atom is 0.228 e. The number of nitrogens with zero attached hydrogens (tertiary/aromatic N) is 3. The molecule has 1 unspecified atom stereocenters. The van der Waals surface area contributed by atoms with Crippen molar-refractivity contribution in [3.63, 3.8) is 0 Å². The van der Waals surface area contributed by atoms with Crippen molar-refractivity contribution < 1.29 is 14.0 Å². The van der Waals surface area contributed by atoms with E-state index in [4.69, 9.17) is 0 Å². The van der Waals surface area contributed by atoms with Gasteiger partial charge in [-0.15, -0.1) is 0 Å². The van der Waals surface area contributed by atoms with E-state index in [1.54, 1.807) is 17.0 Å². The van der Waals surface area contributed by atoms with Crippen molar-refractivity contribution in [2.45, 2.75) is 26.3 Å². The minimum Gasteiger partial charge on any atom is -0.366 e. The average Bonchev–Trinajstić information content (AvgIpc) is 2.97. The average molecular weight is 333 g/mol. The van der Waals surface area contributed by atoms with Gasteiger partial charge in [0.05, 0.1) is 11.6 Å². The number of hydrogen-bond donors (Lipinski definition) is 0. The first-order valence-corrected chi connectivity index (χ1v) is 8.55. The fraction of sp³-hybridized carbons (Fsp3) is 0.556. The number of carbonyl (C=O) groups excluding carboxylic acids is 2. The third-order valence-electron chi connectivity index (χ3n) is 4.92. The van der Waals surface area contributed by atoms with Crippen LogP contribution in [0.2, 0.25) is 0 Å². The molecule has 2 aliphatic rings. The van der Waals surface area contributed by atoms with Crippen molar-refractivity contribution >= 4 is 17.5 Å². The van der Waals surface area contributed by atoms with Crippen molar-refractivity contribution in [3.8, 4) is 0 Å². The van der Waals surface area contributed by atoms with Gasteiger partial charge < -0.3 is 14.7 Å². The van der Waals surface area contributed by atoms with E-state index in [0.29, 0.717) is 44.8 Å². The summed E-state index contributed by atoms with van der Waals surface area (Å²) in [6, 6.07) is 6.85. The van der Waals surface area contributed by atoms with E-state index in [9.17, 15) is 14.0 Å². The first-order chi connectivity index (χ1) is 11.5. The van der Waals surface area contributed by atoms with Crippen LogP contribution in [0, 0.1) is 11.7 Å². The van der Waals surface area contributed by atoms with Crippen LogP contribution >= 0.6 is 0 Å². The van der Waals surface area contributed by atoms with Crippen LogP contribution < -0.4 is 4.90 Å². The maximum atomic E-state index is 13.9. The zero-order valence-electron chi connectivity index (χ0n) is 14.2.